The SMILES string of the molecule is NC(CCS)C(=O)O.Nc1nc2c(c(=O)[nH]1)NC(CNc1ccc(C(=O)NC(CCC(=O)O)C(=O)O)cc1)CN2. The Morgan fingerprint density at radius 1 is 1.10 bits per heavy atom. The Balaban J connectivity index is 0.000000611. The van der Waals surface area contributed by atoms with Gasteiger partial charge in [0, 0.05) is 30.8 Å². The number of nitrogens with one attached hydrogen (secondary N) is 5. The lowest BCUT2D eigenvalue weighted by atomic mass is 10.1. The topological polar surface area (TPSA) is 275 Å². The fourth-order valence-corrected chi connectivity index (χ4v) is 3.64. The molecule has 3 atom stereocenters. The minimum Gasteiger partial charge on any atom is -0.481 e. The monoisotopic (exact) mass is 580 g/mol. The first-order chi connectivity index (χ1) is 18.9. The molecule has 16 nitrogen and oxygen atoms in total. The lowest BCUT2D eigenvalue weighted by Crippen LogP contribution is -2.41. The number of carboxylic acid groups (broad SMARTS) is 3. The van der Waals surface area contributed by atoms with Crippen LogP contribution in [0.4, 0.5) is 23.1 Å². The van der Waals surface area contributed by atoms with E-state index in [0.717, 1.165) is 0 Å². The van der Waals surface area contributed by atoms with Crippen LogP contribution in [0.5, 0.6) is 0 Å². The van der Waals surface area contributed by atoms with Crippen molar-refractivity contribution in [1.82, 2.24) is 15.3 Å². The number of hydrogen-bond donors (Lipinski definition) is 11. The molecule has 17 heteroatoms. The maximum Gasteiger partial charge on any atom is 0.326 e. The number of hydrogen-bond acceptors (Lipinski definition) is 12. The number of aromatic amines is 1. The summed E-state index contributed by atoms with van der Waals surface area (Å²) in [6, 6.07) is 4.19. The molecule has 2 heterocycles. The van der Waals surface area contributed by atoms with Crippen LogP contribution in [0.25, 0.3) is 0 Å². The summed E-state index contributed by atoms with van der Waals surface area (Å²) in [6.07, 6.45) is -0.158. The summed E-state index contributed by atoms with van der Waals surface area (Å²) >= 11 is 3.81. The summed E-state index contributed by atoms with van der Waals surface area (Å²) in [7, 11) is 0. The predicted molar refractivity (Wildman–Crippen MR) is 150 cm³/mol. The second-order valence-electron chi connectivity index (χ2n) is 8.61. The van der Waals surface area contributed by atoms with Gasteiger partial charge in [-0.1, -0.05) is 0 Å². The molecule has 1 aliphatic heterocycles. The average Bonchev–Trinajstić information content (AvgIpc) is 2.90. The molecule has 0 bridgehead atoms. The van der Waals surface area contributed by atoms with Crippen LogP contribution in [0.15, 0.2) is 29.1 Å². The van der Waals surface area contributed by atoms with Crippen LogP contribution < -0.4 is 38.3 Å². The van der Waals surface area contributed by atoms with Crippen LogP contribution in [-0.2, 0) is 14.4 Å². The Morgan fingerprint density at radius 3 is 2.33 bits per heavy atom. The third-order valence-corrected chi connectivity index (χ3v) is 5.77. The highest BCUT2D eigenvalue weighted by atomic mass is 32.1. The molecule has 3 unspecified atom stereocenters. The molecule has 0 radical (unpaired) electrons. The smallest absolute Gasteiger partial charge is 0.326 e. The fourth-order valence-electron chi connectivity index (χ4n) is 3.36. The molecule has 2 aromatic rings. The summed E-state index contributed by atoms with van der Waals surface area (Å²) < 4.78 is 0. The summed E-state index contributed by atoms with van der Waals surface area (Å²) in [6.45, 7) is 0.960. The molecule has 12 N–H and O–H groups in total. The van der Waals surface area contributed by atoms with Gasteiger partial charge in [-0.3, -0.25) is 24.2 Å². The highest BCUT2D eigenvalue weighted by Gasteiger charge is 2.23. The largest absolute Gasteiger partial charge is 0.481 e. The molecular formula is C23H32N8O8S. The number of nitrogens with two attached hydrogens (primary N) is 2. The first kappa shape index (κ1) is 31.7. The molecule has 0 fully saturated rings. The van der Waals surface area contributed by atoms with E-state index in [1.807, 2.05) is 0 Å². The van der Waals surface area contributed by atoms with Crippen molar-refractivity contribution in [2.75, 3.05) is 40.5 Å². The number of amides is 1. The molecule has 0 saturated carbocycles. The number of anilines is 4. The van der Waals surface area contributed by atoms with Crippen molar-refractivity contribution in [1.29, 1.82) is 0 Å². The predicted octanol–water partition coefficient (Wildman–Crippen LogP) is -0.564. The molecule has 0 saturated heterocycles. The van der Waals surface area contributed by atoms with E-state index in [4.69, 9.17) is 26.8 Å². The average molecular weight is 581 g/mol. The number of carbonyl (C=O) groups is 4. The zero-order valence-corrected chi connectivity index (χ0v) is 22.1. The Labute approximate surface area is 233 Å². The van der Waals surface area contributed by atoms with Gasteiger partial charge < -0.3 is 48.1 Å². The third-order valence-electron chi connectivity index (χ3n) is 5.51. The molecule has 3 rings (SSSR count). The number of aromatic nitrogens is 2. The molecule has 0 spiro atoms. The van der Waals surface area contributed by atoms with E-state index in [1.54, 1.807) is 12.1 Å². The standard InChI is InChI=1S/C19H23N7O6.C4H9NO2S/c20-19-25-15-14(17(30)26-19)23-11(8-22-15)7-21-10-3-1-9(2-4-10)16(29)24-12(18(31)32)5-6-13(27)28;5-3(1-2-8)4(6)7/h1-4,11-12,21,23H,5-8H2,(H,24,29)(H,27,28)(H,31,32)(H4,20,22,25,26,30);3,8H,1-2,5H2,(H,6,7). The van der Waals surface area contributed by atoms with Gasteiger partial charge in [0.2, 0.25) is 5.95 Å². The number of nitrogen functional groups attached to an aromatic ring is 1. The number of rotatable bonds is 12. The maximum atomic E-state index is 12.3. The molecule has 1 aromatic carbocycles. The van der Waals surface area contributed by atoms with Crippen LogP contribution in [-0.4, -0.2) is 86.1 Å². The highest BCUT2D eigenvalue weighted by Crippen LogP contribution is 2.20. The Hall–Kier alpha value is -4.51. The van der Waals surface area contributed by atoms with Crippen LogP contribution >= 0.6 is 12.6 Å². The lowest BCUT2D eigenvalue weighted by Gasteiger charge is -2.27. The summed E-state index contributed by atoms with van der Waals surface area (Å²) in [4.78, 5) is 62.5. The van der Waals surface area contributed by atoms with Crippen LogP contribution in [0.1, 0.15) is 29.6 Å². The number of aliphatic carboxylic acids is 3. The Morgan fingerprint density at radius 2 is 1.77 bits per heavy atom. The number of fused-ring (bicyclic) bond motifs is 1. The molecular weight excluding hydrogens is 548 g/mol. The van der Waals surface area contributed by atoms with E-state index in [-0.39, 0.29) is 36.0 Å². The quantitative estimate of drug-likeness (QED) is 0.140. The number of H-pyrrole nitrogens is 1. The van der Waals surface area contributed by atoms with Crippen molar-refractivity contribution in [2.24, 2.45) is 5.73 Å². The summed E-state index contributed by atoms with van der Waals surface area (Å²) in [5.41, 5.74) is 11.5. The highest BCUT2D eigenvalue weighted by molar-refractivity contribution is 7.80. The number of carbonyl (C=O) groups excluding carboxylic acids is 1. The van der Waals surface area contributed by atoms with Crippen molar-refractivity contribution in [3.63, 3.8) is 0 Å². The molecule has 218 valence electrons. The van der Waals surface area contributed by atoms with Crippen molar-refractivity contribution in [3.05, 3.63) is 40.2 Å². The van der Waals surface area contributed by atoms with E-state index in [0.29, 0.717) is 42.5 Å². The van der Waals surface area contributed by atoms with Crippen molar-refractivity contribution in [2.45, 2.75) is 37.4 Å². The van der Waals surface area contributed by atoms with Gasteiger partial charge in [-0.15, -0.1) is 0 Å². The van der Waals surface area contributed by atoms with E-state index >= 15 is 0 Å². The van der Waals surface area contributed by atoms with Crippen LogP contribution in [0, 0.1) is 0 Å². The van der Waals surface area contributed by atoms with Crippen LogP contribution in [0.2, 0.25) is 0 Å². The normalized spacial score (nSPS) is 15.0. The molecule has 40 heavy (non-hydrogen) atoms. The Kier molecular flexibility index (Phi) is 12.0. The number of nitrogens with zero attached hydrogens (tertiary/aromatic N) is 1. The summed E-state index contributed by atoms with van der Waals surface area (Å²) in [5, 5.41) is 37.7. The van der Waals surface area contributed by atoms with Crippen molar-refractivity contribution >= 4 is 59.6 Å². The molecule has 1 aliphatic rings. The van der Waals surface area contributed by atoms with Crippen LogP contribution in [0.3, 0.4) is 0 Å². The van der Waals surface area contributed by atoms with Gasteiger partial charge in [0.1, 0.15) is 17.8 Å². The minimum absolute atomic E-state index is 0.0281. The lowest BCUT2D eigenvalue weighted by molar-refractivity contribution is -0.141. The number of thiol groups is 1. The van der Waals surface area contributed by atoms with E-state index in [1.165, 1.54) is 12.1 Å². The van der Waals surface area contributed by atoms with Gasteiger partial charge in [0.15, 0.2) is 5.82 Å². The minimum atomic E-state index is -1.30. The number of benzene rings is 1. The van der Waals surface area contributed by atoms with Gasteiger partial charge in [0.25, 0.3) is 11.5 Å². The van der Waals surface area contributed by atoms with Gasteiger partial charge in [-0.05, 0) is 42.9 Å². The third kappa shape index (κ3) is 9.99. The molecule has 1 amide bonds. The van der Waals surface area contributed by atoms with Crippen molar-refractivity contribution in [3.8, 4) is 0 Å². The molecule has 0 aliphatic carbocycles. The van der Waals surface area contributed by atoms with E-state index < -0.39 is 35.9 Å². The zero-order chi connectivity index (χ0) is 29.8. The second kappa shape index (κ2) is 15.2. The Bertz CT molecular complexity index is 1260. The van der Waals surface area contributed by atoms with Gasteiger partial charge in [-0.25, -0.2) is 4.79 Å². The fraction of sp³-hybridized carbons (Fsp3) is 0.391. The first-order valence-corrected chi connectivity index (χ1v) is 12.6. The summed E-state index contributed by atoms with van der Waals surface area (Å²) in [5.74, 6) is -3.08. The van der Waals surface area contributed by atoms with E-state index in [2.05, 4.69) is 43.9 Å². The number of carboxylic acids is 3. The van der Waals surface area contributed by atoms with Gasteiger partial charge in [-0.2, -0.15) is 17.6 Å². The first-order valence-electron chi connectivity index (χ1n) is 12.0. The van der Waals surface area contributed by atoms with E-state index in [9.17, 15) is 24.0 Å². The van der Waals surface area contributed by atoms with Crippen molar-refractivity contribution < 1.29 is 34.5 Å². The maximum absolute atomic E-state index is 12.3. The van der Waals surface area contributed by atoms with Gasteiger partial charge in [0.05, 0.1) is 6.04 Å². The van der Waals surface area contributed by atoms with Gasteiger partial charge >= 0.3 is 17.9 Å². The zero-order valence-electron chi connectivity index (χ0n) is 21.2. The second-order valence-corrected chi connectivity index (χ2v) is 9.06. The molecule has 1 aromatic heterocycles.